The van der Waals surface area contributed by atoms with E-state index in [2.05, 4.69) is 10.2 Å². The summed E-state index contributed by atoms with van der Waals surface area (Å²) in [5, 5.41) is 8.20. The molecule has 0 saturated heterocycles. The van der Waals surface area contributed by atoms with E-state index in [4.69, 9.17) is 5.73 Å². The van der Waals surface area contributed by atoms with Gasteiger partial charge in [0.2, 0.25) is 0 Å². The van der Waals surface area contributed by atoms with Crippen molar-refractivity contribution in [1.82, 2.24) is 19.6 Å². The summed E-state index contributed by atoms with van der Waals surface area (Å²) in [5.41, 5.74) is 8.63. The van der Waals surface area contributed by atoms with Crippen molar-refractivity contribution < 1.29 is 4.79 Å². The third kappa shape index (κ3) is 1.76. The van der Waals surface area contributed by atoms with E-state index in [1.165, 1.54) is 9.36 Å². The van der Waals surface area contributed by atoms with Gasteiger partial charge in [-0.25, -0.2) is 0 Å². The van der Waals surface area contributed by atoms with Crippen LogP contribution in [0.15, 0.2) is 12.3 Å². The second-order valence-electron chi connectivity index (χ2n) is 3.91. The van der Waals surface area contributed by atoms with E-state index in [9.17, 15) is 4.79 Å². The first-order valence-corrected chi connectivity index (χ1v) is 5.34. The number of carbonyl (C=O) groups excluding carboxylic acids is 1. The molecule has 2 heterocycles. The summed E-state index contributed by atoms with van der Waals surface area (Å²) in [5.74, 6) is -0.190. The highest BCUT2D eigenvalue weighted by atomic mass is 16.2. The summed E-state index contributed by atoms with van der Waals surface area (Å²) >= 11 is 0. The zero-order valence-electron chi connectivity index (χ0n) is 10.1. The van der Waals surface area contributed by atoms with Crippen molar-refractivity contribution >= 4 is 5.91 Å². The van der Waals surface area contributed by atoms with Gasteiger partial charge in [0.15, 0.2) is 0 Å². The summed E-state index contributed by atoms with van der Waals surface area (Å²) in [6.45, 7) is 4.08. The van der Waals surface area contributed by atoms with Crippen molar-refractivity contribution in [2.45, 2.75) is 20.4 Å². The Morgan fingerprint density at radius 1 is 1.47 bits per heavy atom. The molecule has 2 aromatic rings. The first-order chi connectivity index (χ1) is 8.06. The number of hydrogen-bond donors (Lipinski definition) is 1. The monoisotopic (exact) mass is 233 g/mol. The van der Waals surface area contributed by atoms with Gasteiger partial charge in [-0.3, -0.25) is 9.48 Å². The highest BCUT2D eigenvalue weighted by Gasteiger charge is 2.18. The number of nitrogens with zero attached hydrogens (tertiary/aromatic N) is 4. The van der Waals surface area contributed by atoms with Crippen molar-refractivity contribution in [3.05, 3.63) is 34.9 Å². The number of nitrogens with two attached hydrogens (primary N) is 1. The Hall–Kier alpha value is -1.95. The van der Waals surface area contributed by atoms with Gasteiger partial charge in [-0.05, 0) is 19.9 Å². The van der Waals surface area contributed by atoms with Crippen LogP contribution in [0.4, 0.5) is 0 Å². The predicted octanol–water partition coefficient (Wildman–Crippen LogP) is 0.381. The lowest BCUT2D eigenvalue weighted by Crippen LogP contribution is -2.19. The summed E-state index contributed by atoms with van der Waals surface area (Å²) in [6, 6.07) is 1.67. The lowest BCUT2D eigenvalue weighted by atomic mass is 10.2. The number of carbonyl (C=O) groups is 1. The lowest BCUT2D eigenvalue weighted by Gasteiger charge is -2.03. The van der Waals surface area contributed by atoms with Crippen LogP contribution in [0.5, 0.6) is 0 Å². The van der Waals surface area contributed by atoms with Crippen LogP contribution in [0.2, 0.25) is 0 Å². The Bertz CT molecular complexity index is 566. The zero-order valence-corrected chi connectivity index (χ0v) is 10.1. The minimum atomic E-state index is -0.190. The molecule has 0 aliphatic rings. The minimum Gasteiger partial charge on any atom is -0.326 e. The van der Waals surface area contributed by atoms with Crippen molar-refractivity contribution in [3.63, 3.8) is 0 Å². The van der Waals surface area contributed by atoms with Crippen molar-refractivity contribution in [3.8, 4) is 0 Å². The smallest absolute Gasteiger partial charge is 0.296 e. The highest BCUT2D eigenvalue weighted by Crippen LogP contribution is 2.13. The third-order valence-corrected chi connectivity index (χ3v) is 2.88. The van der Waals surface area contributed by atoms with Gasteiger partial charge in [0.1, 0.15) is 5.69 Å². The van der Waals surface area contributed by atoms with Gasteiger partial charge >= 0.3 is 0 Å². The van der Waals surface area contributed by atoms with Gasteiger partial charge in [0.25, 0.3) is 5.91 Å². The van der Waals surface area contributed by atoms with Crippen molar-refractivity contribution in [1.29, 1.82) is 0 Å². The Kier molecular flexibility index (Phi) is 2.81. The second-order valence-corrected chi connectivity index (χ2v) is 3.91. The first-order valence-electron chi connectivity index (χ1n) is 5.34. The van der Waals surface area contributed by atoms with E-state index in [-0.39, 0.29) is 5.91 Å². The topological polar surface area (TPSA) is 78.7 Å². The molecule has 0 spiro atoms. The fraction of sp³-hybridized carbons (Fsp3) is 0.364. The highest BCUT2D eigenvalue weighted by molar-refractivity contribution is 5.94. The first kappa shape index (κ1) is 11.5. The van der Waals surface area contributed by atoms with Gasteiger partial charge in [-0.1, -0.05) is 0 Å². The molecule has 2 aromatic heterocycles. The molecule has 6 nitrogen and oxygen atoms in total. The quantitative estimate of drug-likeness (QED) is 0.813. The van der Waals surface area contributed by atoms with Crippen molar-refractivity contribution in [2.24, 2.45) is 12.8 Å². The fourth-order valence-electron chi connectivity index (χ4n) is 1.86. The normalized spacial score (nSPS) is 10.8. The molecule has 0 radical (unpaired) electrons. The molecule has 0 unspecified atom stereocenters. The van der Waals surface area contributed by atoms with E-state index < -0.39 is 0 Å². The molecule has 0 saturated carbocycles. The molecule has 17 heavy (non-hydrogen) atoms. The SMILES string of the molecule is Cc1nn(C(=O)c2ccnn2C)c(C)c1CN. The number of hydrogen-bond acceptors (Lipinski definition) is 4. The summed E-state index contributed by atoms with van der Waals surface area (Å²) in [6.07, 6.45) is 1.59. The number of aromatic nitrogens is 4. The van der Waals surface area contributed by atoms with Crippen LogP contribution in [0, 0.1) is 13.8 Å². The molecular weight excluding hydrogens is 218 g/mol. The van der Waals surface area contributed by atoms with Gasteiger partial charge in [-0.2, -0.15) is 14.9 Å². The van der Waals surface area contributed by atoms with Crippen LogP contribution in [0.3, 0.4) is 0 Å². The Morgan fingerprint density at radius 2 is 2.18 bits per heavy atom. The van der Waals surface area contributed by atoms with Gasteiger partial charge < -0.3 is 5.73 Å². The molecule has 2 rings (SSSR count). The fourth-order valence-corrected chi connectivity index (χ4v) is 1.86. The molecular formula is C11H15N5O. The summed E-state index contributed by atoms with van der Waals surface area (Å²) in [4.78, 5) is 12.2. The maximum Gasteiger partial charge on any atom is 0.296 e. The molecule has 90 valence electrons. The molecule has 6 heteroatoms. The molecule has 0 atom stereocenters. The van der Waals surface area contributed by atoms with Gasteiger partial charge in [0.05, 0.1) is 5.69 Å². The van der Waals surface area contributed by atoms with Crippen LogP contribution in [-0.2, 0) is 13.6 Å². The largest absolute Gasteiger partial charge is 0.326 e. The Labute approximate surface area is 99.0 Å². The van der Waals surface area contributed by atoms with E-state index in [0.717, 1.165) is 17.0 Å². The van der Waals surface area contributed by atoms with E-state index >= 15 is 0 Å². The molecule has 2 N–H and O–H groups in total. The predicted molar refractivity (Wildman–Crippen MR) is 62.5 cm³/mol. The van der Waals surface area contributed by atoms with E-state index in [1.54, 1.807) is 19.3 Å². The molecule has 0 aliphatic heterocycles. The molecule has 0 aliphatic carbocycles. The standard InChI is InChI=1S/C11H15N5O/c1-7-9(6-12)8(2)16(14-7)11(17)10-4-5-13-15(10)3/h4-5H,6,12H2,1-3H3. The second kappa shape index (κ2) is 4.14. The maximum atomic E-state index is 12.2. The average Bonchev–Trinajstić information content (AvgIpc) is 2.82. The molecule has 0 bridgehead atoms. The van der Waals surface area contributed by atoms with Crippen molar-refractivity contribution in [2.75, 3.05) is 0 Å². The third-order valence-electron chi connectivity index (χ3n) is 2.88. The van der Waals surface area contributed by atoms with E-state index in [1.807, 2.05) is 13.8 Å². The van der Waals surface area contributed by atoms with Gasteiger partial charge in [-0.15, -0.1) is 0 Å². The van der Waals surface area contributed by atoms with Crippen LogP contribution in [-0.4, -0.2) is 25.5 Å². The van der Waals surface area contributed by atoms with Crippen LogP contribution < -0.4 is 5.73 Å². The van der Waals surface area contributed by atoms with Crippen LogP contribution in [0.25, 0.3) is 0 Å². The zero-order chi connectivity index (χ0) is 12.6. The molecule has 0 fully saturated rings. The minimum absolute atomic E-state index is 0.190. The molecule has 0 amide bonds. The summed E-state index contributed by atoms with van der Waals surface area (Å²) < 4.78 is 2.91. The maximum absolute atomic E-state index is 12.2. The van der Waals surface area contributed by atoms with E-state index in [0.29, 0.717) is 12.2 Å². The Balaban J connectivity index is 2.49. The van der Waals surface area contributed by atoms with Crippen LogP contribution >= 0.6 is 0 Å². The average molecular weight is 233 g/mol. The summed E-state index contributed by atoms with van der Waals surface area (Å²) in [7, 11) is 1.72. The number of rotatable bonds is 2. The van der Waals surface area contributed by atoms with Crippen LogP contribution in [0.1, 0.15) is 27.4 Å². The number of aryl methyl sites for hydroxylation is 2. The Morgan fingerprint density at radius 3 is 2.65 bits per heavy atom. The van der Waals surface area contributed by atoms with Gasteiger partial charge in [0, 0.05) is 31.0 Å². The molecule has 0 aromatic carbocycles. The lowest BCUT2D eigenvalue weighted by molar-refractivity contribution is 0.0932.